The molecule has 0 saturated carbocycles. The van der Waals surface area contributed by atoms with Crippen LogP contribution in [0, 0.1) is 0 Å². The average molecular weight is 342 g/mol. The average Bonchev–Trinajstić information content (AvgIpc) is 3.21. The van der Waals surface area contributed by atoms with Crippen LogP contribution in [0.1, 0.15) is 22.4 Å². The Balaban J connectivity index is 1.60. The number of imidazole rings is 1. The zero-order chi connectivity index (χ0) is 17.1. The fourth-order valence-electron chi connectivity index (χ4n) is 2.41. The van der Waals surface area contributed by atoms with E-state index in [1.54, 1.807) is 19.1 Å². The van der Waals surface area contributed by atoms with E-state index in [0.29, 0.717) is 11.4 Å². The van der Waals surface area contributed by atoms with Crippen molar-refractivity contribution in [3.8, 4) is 0 Å². The third kappa shape index (κ3) is 3.30. The van der Waals surface area contributed by atoms with Crippen LogP contribution in [0.2, 0.25) is 0 Å². The second kappa shape index (κ2) is 6.84. The third-order valence-corrected chi connectivity index (χ3v) is 4.65. The number of nitrogens with zero attached hydrogens (tertiary/aromatic N) is 2. The molecule has 2 N–H and O–H groups in total. The monoisotopic (exact) mass is 342 g/mol. The van der Waals surface area contributed by atoms with Gasteiger partial charge in [0.25, 0.3) is 5.91 Å². The minimum Gasteiger partial charge on any atom is -0.347 e. The van der Waals surface area contributed by atoms with Crippen molar-refractivity contribution < 1.29 is 9.59 Å². The number of aromatic nitrogens is 2. The summed E-state index contributed by atoms with van der Waals surface area (Å²) in [5, 5.41) is 7.33. The summed E-state index contributed by atoms with van der Waals surface area (Å²) in [5.74, 6) is 0.281. The molecule has 0 aliphatic carbocycles. The molecule has 0 spiro atoms. The SMILES string of the molecule is CC(NC(=O)c1cccs1)C(=O)NCc1nc2ccccc2n1C. The predicted octanol–water partition coefficient (Wildman–Crippen LogP) is 2.07. The molecule has 1 aromatic carbocycles. The van der Waals surface area contributed by atoms with Gasteiger partial charge in [0.1, 0.15) is 11.9 Å². The molecule has 2 aromatic heterocycles. The standard InChI is InChI=1S/C17H18N4O2S/c1-11(19-17(23)14-8-5-9-24-14)16(22)18-10-15-20-12-6-3-4-7-13(12)21(15)2/h3-9,11H,10H2,1-2H3,(H,18,22)(H,19,23). The largest absolute Gasteiger partial charge is 0.347 e. The molecule has 3 rings (SSSR count). The van der Waals surface area contributed by atoms with Crippen molar-refractivity contribution in [1.29, 1.82) is 0 Å². The number of hydrogen-bond donors (Lipinski definition) is 2. The highest BCUT2D eigenvalue weighted by Gasteiger charge is 2.17. The van der Waals surface area contributed by atoms with Gasteiger partial charge in [-0.2, -0.15) is 0 Å². The lowest BCUT2D eigenvalue weighted by atomic mass is 10.3. The van der Waals surface area contributed by atoms with Gasteiger partial charge in [-0.25, -0.2) is 4.98 Å². The molecule has 0 aliphatic heterocycles. The minimum absolute atomic E-state index is 0.240. The molecular formula is C17H18N4O2S. The van der Waals surface area contributed by atoms with Crippen LogP contribution >= 0.6 is 11.3 Å². The van der Waals surface area contributed by atoms with Gasteiger partial charge in [0.05, 0.1) is 22.5 Å². The lowest BCUT2D eigenvalue weighted by Gasteiger charge is -2.13. The first kappa shape index (κ1) is 16.2. The molecular weight excluding hydrogens is 324 g/mol. The van der Waals surface area contributed by atoms with E-state index in [1.807, 2.05) is 41.3 Å². The van der Waals surface area contributed by atoms with Crippen molar-refractivity contribution in [3.05, 3.63) is 52.5 Å². The summed E-state index contributed by atoms with van der Waals surface area (Å²) in [6.07, 6.45) is 0. The van der Waals surface area contributed by atoms with E-state index in [1.165, 1.54) is 11.3 Å². The molecule has 2 amide bonds. The highest BCUT2D eigenvalue weighted by Crippen LogP contribution is 2.14. The highest BCUT2D eigenvalue weighted by molar-refractivity contribution is 7.12. The Morgan fingerprint density at radius 1 is 1.25 bits per heavy atom. The van der Waals surface area contributed by atoms with Crippen molar-refractivity contribution in [2.75, 3.05) is 0 Å². The van der Waals surface area contributed by atoms with Crippen LogP contribution < -0.4 is 10.6 Å². The molecule has 24 heavy (non-hydrogen) atoms. The van der Waals surface area contributed by atoms with E-state index >= 15 is 0 Å². The van der Waals surface area contributed by atoms with Gasteiger partial charge >= 0.3 is 0 Å². The van der Waals surface area contributed by atoms with Gasteiger partial charge in [0, 0.05) is 7.05 Å². The fourth-order valence-corrected chi connectivity index (χ4v) is 3.04. The first-order valence-electron chi connectivity index (χ1n) is 7.58. The van der Waals surface area contributed by atoms with Crippen LogP contribution in [0.4, 0.5) is 0 Å². The number of aryl methyl sites for hydroxylation is 1. The number of thiophene rings is 1. The molecule has 0 saturated heterocycles. The Bertz CT molecular complexity index is 870. The molecule has 0 aliphatic rings. The zero-order valence-corrected chi connectivity index (χ0v) is 14.3. The lowest BCUT2D eigenvalue weighted by Crippen LogP contribution is -2.44. The molecule has 3 aromatic rings. The van der Waals surface area contributed by atoms with Crippen LogP contribution in [0.3, 0.4) is 0 Å². The number of amides is 2. The maximum Gasteiger partial charge on any atom is 0.261 e. The third-order valence-electron chi connectivity index (χ3n) is 3.79. The minimum atomic E-state index is -0.616. The van der Waals surface area contributed by atoms with Crippen LogP contribution in [0.25, 0.3) is 11.0 Å². The van der Waals surface area contributed by atoms with Gasteiger partial charge < -0.3 is 15.2 Å². The van der Waals surface area contributed by atoms with E-state index in [9.17, 15) is 9.59 Å². The molecule has 6 nitrogen and oxygen atoms in total. The Morgan fingerprint density at radius 2 is 2.04 bits per heavy atom. The number of fused-ring (bicyclic) bond motifs is 1. The molecule has 0 bridgehead atoms. The number of carbonyl (C=O) groups excluding carboxylic acids is 2. The molecule has 0 radical (unpaired) electrons. The maximum absolute atomic E-state index is 12.2. The maximum atomic E-state index is 12.2. The van der Waals surface area contributed by atoms with Gasteiger partial charge in [-0.05, 0) is 30.5 Å². The Morgan fingerprint density at radius 3 is 2.75 bits per heavy atom. The molecule has 1 atom stereocenters. The molecule has 1 unspecified atom stereocenters. The lowest BCUT2D eigenvalue weighted by molar-refractivity contribution is -0.122. The summed E-state index contributed by atoms with van der Waals surface area (Å²) in [7, 11) is 1.92. The van der Waals surface area contributed by atoms with Gasteiger partial charge in [0.2, 0.25) is 5.91 Å². The van der Waals surface area contributed by atoms with Crippen molar-refractivity contribution >= 4 is 34.2 Å². The number of para-hydroxylation sites is 2. The smallest absolute Gasteiger partial charge is 0.261 e. The summed E-state index contributed by atoms with van der Waals surface area (Å²) >= 11 is 1.34. The summed E-state index contributed by atoms with van der Waals surface area (Å²) < 4.78 is 1.95. The summed E-state index contributed by atoms with van der Waals surface area (Å²) in [6, 6.07) is 10.7. The summed E-state index contributed by atoms with van der Waals surface area (Å²) in [5.41, 5.74) is 1.91. The number of carbonyl (C=O) groups is 2. The first-order chi connectivity index (χ1) is 11.6. The van der Waals surface area contributed by atoms with E-state index < -0.39 is 6.04 Å². The molecule has 124 valence electrons. The van der Waals surface area contributed by atoms with Crippen molar-refractivity contribution in [2.45, 2.75) is 19.5 Å². The number of hydrogen-bond acceptors (Lipinski definition) is 4. The van der Waals surface area contributed by atoms with Gasteiger partial charge in [-0.3, -0.25) is 9.59 Å². The molecule has 2 heterocycles. The van der Waals surface area contributed by atoms with Crippen LogP contribution in [-0.2, 0) is 18.4 Å². The van der Waals surface area contributed by atoms with Gasteiger partial charge in [-0.15, -0.1) is 11.3 Å². The number of nitrogens with one attached hydrogen (secondary N) is 2. The van der Waals surface area contributed by atoms with E-state index in [-0.39, 0.29) is 11.8 Å². The second-order valence-electron chi connectivity index (χ2n) is 5.47. The van der Waals surface area contributed by atoms with Crippen molar-refractivity contribution in [2.24, 2.45) is 7.05 Å². The number of rotatable bonds is 5. The quantitative estimate of drug-likeness (QED) is 0.745. The van der Waals surface area contributed by atoms with E-state index in [0.717, 1.165) is 16.9 Å². The summed E-state index contributed by atoms with van der Waals surface area (Å²) in [4.78, 5) is 29.3. The van der Waals surface area contributed by atoms with E-state index in [2.05, 4.69) is 15.6 Å². The van der Waals surface area contributed by atoms with Crippen LogP contribution in [0.15, 0.2) is 41.8 Å². The molecule has 7 heteroatoms. The Kier molecular flexibility index (Phi) is 4.61. The summed E-state index contributed by atoms with van der Waals surface area (Å²) in [6.45, 7) is 1.97. The van der Waals surface area contributed by atoms with Crippen LogP contribution in [-0.4, -0.2) is 27.4 Å². The van der Waals surface area contributed by atoms with Crippen molar-refractivity contribution in [3.63, 3.8) is 0 Å². The topological polar surface area (TPSA) is 76.0 Å². The predicted molar refractivity (Wildman–Crippen MR) is 93.8 cm³/mol. The zero-order valence-electron chi connectivity index (χ0n) is 13.4. The van der Waals surface area contributed by atoms with Gasteiger partial charge in [-0.1, -0.05) is 18.2 Å². The van der Waals surface area contributed by atoms with Gasteiger partial charge in [0.15, 0.2) is 0 Å². The fraction of sp³-hybridized carbons (Fsp3) is 0.235. The molecule has 0 fully saturated rings. The normalized spacial score (nSPS) is 12.1. The number of benzene rings is 1. The Hall–Kier alpha value is -2.67. The Labute approximate surface area is 143 Å². The van der Waals surface area contributed by atoms with E-state index in [4.69, 9.17) is 0 Å². The van der Waals surface area contributed by atoms with Crippen LogP contribution in [0.5, 0.6) is 0 Å². The highest BCUT2D eigenvalue weighted by atomic mass is 32.1. The first-order valence-corrected chi connectivity index (χ1v) is 8.46. The van der Waals surface area contributed by atoms with Crippen molar-refractivity contribution in [1.82, 2.24) is 20.2 Å². The second-order valence-corrected chi connectivity index (χ2v) is 6.41.